The van der Waals surface area contributed by atoms with Crippen LogP contribution in [0.1, 0.15) is 25.5 Å². The Bertz CT molecular complexity index is 885. The van der Waals surface area contributed by atoms with E-state index >= 15 is 0 Å². The largest absolute Gasteiger partial charge is 0.368 e. The highest BCUT2D eigenvalue weighted by Gasteiger charge is 2.19. The van der Waals surface area contributed by atoms with Crippen LogP contribution in [0, 0.1) is 12.7 Å². The van der Waals surface area contributed by atoms with Gasteiger partial charge in [0, 0.05) is 63.3 Å². The number of aliphatic imine (C=N–C) groups is 1. The Labute approximate surface area is 178 Å². The molecule has 1 aromatic carbocycles. The summed E-state index contributed by atoms with van der Waals surface area (Å²) >= 11 is 0. The molecular formula is C23H32FN5O. The van der Waals surface area contributed by atoms with Crippen LogP contribution in [0.5, 0.6) is 0 Å². The predicted octanol–water partition coefficient (Wildman–Crippen LogP) is 2.86. The van der Waals surface area contributed by atoms with Crippen molar-refractivity contribution in [3.8, 4) is 0 Å². The Kier molecular flexibility index (Phi) is 7.88. The molecule has 2 heterocycles. The number of aryl methyl sites for hydroxylation is 1. The fourth-order valence-corrected chi connectivity index (χ4v) is 3.73. The van der Waals surface area contributed by atoms with Crippen LogP contribution >= 0.6 is 0 Å². The second-order valence-corrected chi connectivity index (χ2v) is 7.55. The first-order valence-corrected chi connectivity index (χ1v) is 10.8. The third-order valence-corrected chi connectivity index (χ3v) is 5.43. The summed E-state index contributed by atoms with van der Waals surface area (Å²) in [4.78, 5) is 21.3. The molecule has 1 aliphatic heterocycles. The summed E-state index contributed by atoms with van der Waals surface area (Å²) in [6.45, 7) is 9.86. The van der Waals surface area contributed by atoms with E-state index in [4.69, 9.17) is 4.99 Å². The SMILES string of the molecule is CCNC(=NCCCCn1c(C)cccc1=O)N1CCN(c2ccc(F)cc2)CC1. The lowest BCUT2D eigenvalue weighted by atomic mass is 10.2. The quantitative estimate of drug-likeness (QED) is 0.431. The van der Waals surface area contributed by atoms with Crippen molar-refractivity contribution in [3.63, 3.8) is 0 Å². The fraction of sp³-hybridized carbons (Fsp3) is 0.478. The van der Waals surface area contributed by atoms with Crippen molar-refractivity contribution in [3.05, 3.63) is 64.3 Å². The minimum Gasteiger partial charge on any atom is -0.368 e. The van der Waals surface area contributed by atoms with E-state index in [9.17, 15) is 9.18 Å². The molecule has 1 saturated heterocycles. The van der Waals surface area contributed by atoms with Crippen molar-refractivity contribution in [2.24, 2.45) is 4.99 Å². The van der Waals surface area contributed by atoms with Gasteiger partial charge in [0.25, 0.3) is 5.56 Å². The summed E-state index contributed by atoms with van der Waals surface area (Å²) in [6.07, 6.45) is 1.86. The fourth-order valence-electron chi connectivity index (χ4n) is 3.73. The van der Waals surface area contributed by atoms with Gasteiger partial charge >= 0.3 is 0 Å². The molecular weight excluding hydrogens is 381 g/mol. The minimum atomic E-state index is -0.203. The van der Waals surface area contributed by atoms with Gasteiger partial charge in [-0.05, 0) is 57.0 Å². The predicted molar refractivity (Wildman–Crippen MR) is 121 cm³/mol. The van der Waals surface area contributed by atoms with E-state index in [2.05, 4.69) is 22.0 Å². The van der Waals surface area contributed by atoms with Gasteiger partial charge in [0.15, 0.2) is 5.96 Å². The van der Waals surface area contributed by atoms with Gasteiger partial charge in [-0.3, -0.25) is 9.79 Å². The number of pyridine rings is 1. The molecule has 0 saturated carbocycles. The molecule has 0 amide bonds. The molecule has 2 aromatic rings. The smallest absolute Gasteiger partial charge is 0.250 e. The first-order valence-electron chi connectivity index (χ1n) is 10.8. The zero-order chi connectivity index (χ0) is 21.3. The molecule has 3 rings (SSSR count). The van der Waals surface area contributed by atoms with Crippen LogP contribution in [0.2, 0.25) is 0 Å². The number of anilines is 1. The maximum Gasteiger partial charge on any atom is 0.250 e. The Morgan fingerprint density at radius 2 is 1.80 bits per heavy atom. The number of hydrogen-bond donors (Lipinski definition) is 1. The van der Waals surface area contributed by atoms with Gasteiger partial charge in [-0.15, -0.1) is 0 Å². The van der Waals surface area contributed by atoms with Crippen LogP contribution in [-0.4, -0.2) is 54.7 Å². The van der Waals surface area contributed by atoms with Gasteiger partial charge in [0.1, 0.15) is 5.82 Å². The number of unbranched alkanes of at least 4 members (excludes halogenated alkanes) is 1. The Balaban J connectivity index is 1.48. The lowest BCUT2D eigenvalue weighted by Gasteiger charge is -2.37. The van der Waals surface area contributed by atoms with E-state index in [0.717, 1.165) is 76.0 Å². The Hall–Kier alpha value is -2.83. The van der Waals surface area contributed by atoms with E-state index in [-0.39, 0.29) is 11.4 Å². The van der Waals surface area contributed by atoms with Gasteiger partial charge in [-0.25, -0.2) is 4.39 Å². The lowest BCUT2D eigenvalue weighted by Crippen LogP contribution is -2.52. The monoisotopic (exact) mass is 413 g/mol. The van der Waals surface area contributed by atoms with E-state index < -0.39 is 0 Å². The van der Waals surface area contributed by atoms with E-state index in [0.29, 0.717) is 0 Å². The zero-order valence-electron chi connectivity index (χ0n) is 18.0. The molecule has 0 bridgehead atoms. The first-order chi connectivity index (χ1) is 14.6. The van der Waals surface area contributed by atoms with Crippen molar-refractivity contribution >= 4 is 11.6 Å². The highest BCUT2D eigenvalue weighted by molar-refractivity contribution is 5.80. The van der Waals surface area contributed by atoms with Crippen LogP contribution in [0.25, 0.3) is 0 Å². The third-order valence-electron chi connectivity index (χ3n) is 5.43. The van der Waals surface area contributed by atoms with Crippen molar-refractivity contribution in [2.75, 3.05) is 44.2 Å². The van der Waals surface area contributed by atoms with Crippen LogP contribution in [0.4, 0.5) is 10.1 Å². The lowest BCUT2D eigenvalue weighted by molar-refractivity contribution is 0.372. The summed E-state index contributed by atoms with van der Waals surface area (Å²) in [5.74, 6) is 0.746. The molecule has 1 aromatic heterocycles. The number of hydrogen-bond acceptors (Lipinski definition) is 3. The number of aromatic nitrogens is 1. The van der Waals surface area contributed by atoms with E-state index in [1.165, 1.54) is 12.1 Å². The highest BCUT2D eigenvalue weighted by Crippen LogP contribution is 2.17. The van der Waals surface area contributed by atoms with Crippen molar-refractivity contribution < 1.29 is 4.39 Å². The van der Waals surface area contributed by atoms with Gasteiger partial charge in [0.2, 0.25) is 0 Å². The van der Waals surface area contributed by atoms with Crippen molar-refractivity contribution in [1.82, 2.24) is 14.8 Å². The van der Waals surface area contributed by atoms with Crippen LogP contribution in [-0.2, 0) is 6.54 Å². The first kappa shape index (κ1) is 21.9. The number of nitrogens with one attached hydrogen (secondary N) is 1. The van der Waals surface area contributed by atoms with E-state index in [1.54, 1.807) is 12.1 Å². The second kappa shape index (κ2) is 10.8. The normalized spacial score (nSPS) is 14.8. The number of halogens is 1. The number of benzene rings is 1. The molecule has 0 spiro atoms. The van der Waals surface area contributed by atoms with Crippen LogP contribution < -0.4 is 15.8 Å². The van der Waals surface area contributed by atoms with Crippen LogP contribution in [0.15, 0.2) is 52.3 Å². The molecule has 0 radical (unpaired) electrons. The summed E-state index contributed by atoms with van der Waals surface area (Å²) in [5, 5.41) is 3.39. The molecule has 0 atom stereocenters. The summed E-state index contributed by atoms with van der Waals surface area (Å²) in [6, 6.07) is 12.1. The van der Waals surface area contributed by atoms with Crippen molar-refractivity contribution in [2.45, 2.75) is 33.2 Å². The molecule has 1 aliphatic rings. The molecule has 0 aliphatic carbocycles. The molecule has 7 heteroatoms. The molecule has 30 heavy (non-hydrogen) atoms. The number of piperazine rings is 1. The van der Waals surface area contributed by atoms with Crippen molar-refractivity contribution in [1.29, 1.82) is 0 Å². The molecule has 1 N–H and O–H groups in total. The standard InChI is InChI=1S/C23H32FN5O/c1-3-25-23(26-13-4-5-14-29-19(2)7-6-8-22(29)30)28-17-15-27(16-18-28)21-11-9-20(24)10-12-21/h6-12H,3-5,13-18H2,1-2H3,(H,25,26). The van der Waals surface area contributed by atoms with Gasteiger partial charge in [-0.1, -0.05) is 6.07 Å². The minimum absolute atomic E-state index is 0.0610. The Morgan fingerprint density at radius 3 is 2.47 bits per heavy atom. The maximum absolute atomic E-state index is 13.1. The Morgan fingerprint density at radius 1 is 1.07 bits per heavy atom. The molecule has 1 fully saturated rings. The number of rotatable bonds is 7. The average molecular weight is 414 g/mol. The maximum atomic E-state index is 13.1. The number of guanidine groups is 1. The van der Waals surface area contributed by atoms with E-state index in [1.807, 2.05) is 29.7 Å². The molecule has 6 nitrogen and oxygen atoms in total. The summed E-state index contributed by atoms with van der Waals surface area (Å²) in [5.41, 5.74) is 2.12. The third kappa shape index (κ3) is 5.84. The van der Waals surface area contributed by atoms with Crippen LogP contribution in [0.3, 0.4) is 0 Å². The topological polar surface area (TPSA) is 52.9 Å². The molecule has 162 valence electrons. The number of nitrogens with zero attached hydrogens (tertiary/aromatic N) is 4. The van der Waals surface area contributed by atoms with Gasteiger partial charge in [-0.2, -0.15) is 0 Å². The summed E-state index contributed by atoms with van der Waals surface area (Å²) < 4.78 is 15.0. The zero-order valence-corrected chi connectivity index (χ0v) is 18.0. The van der Waals surface area contributed by atoms with Gasteiger partial charge < -0.3 is 19.7 Å². The van der Waals surface area contributed by atoms with Gasteiger partial charge in [0.05, 0.1) is 0 Å². The average Bonchev–Trinajstić information content (AvgIpc) is 2.75. The highest BCUT2D eigenvalue weighted by atomic mass is 19.1. The summed E-state index contributed by atoms with van der Waals surface area (Å²) in [7, 11) is 0. The second-order valence-electron chi connectivity index (χ2n) is 7.55. The molecule has 0 unspecified atom stereocenters.